The highest BCUT2D eigenvalue weighted by Gasteiger charge is 2.31. The van der Waals surface area contributed by atoms with E-state index in [1.165, 1.54) is 4.68 Å². The monoisotopic (exact) mass is 313 g/mol. The molecule has 1 aliphatic rings. The van der Waals surface area contributed by atoms with Crippen LogP contribution in [0.25, 0.3) is 0 Å². The van der Waals surface area contributed by atoms with Gasteiger partial charge in [-0.25, -0.2) is 4.68 Å². The summed E-state index contributed by atoms with van der Waals surface area (Å²) >= 11 is 6.11. The maximum atomic E-state index is 12.1. The SMILES string of the molecule is CC1CCC(O)(CNc2cnn(C(C)C)c(=O)c2Cl)CC1. The molecular formula is C15H24ClN3O2. The van der Waals surface area contributed by atoms with E-state index in [2.05, 4.69) is 17.3 Å². The molecule has 1 saturated carbocycles. The molecule has 0 bridgehead atoms. The molecule has 21 heavy (non-hydrogen) atoms. The Morgan fingerprint density at radius 1 is 1.52 bits per heavy atom. The summed E-state index contributed by atoms with van der Waals surface area (Å²) < 4.78 is 1.35. The number of halogens is 1. The van der Waals surface area contributed by atoms with E-state index in [4.69, 9.17) is 11.6 Å². The van der Waals surface area contributed by atoms with Crippen molar-refractivity contribution in [3.8, 4) is 0 Å². The second kappa shape index (κ2) is 6.36. The predicted octanol–water partition coefficient (Wildman–Crippen LogP) is 2.83. The fraction of sp³-hybridized carbons (Fsp3) is 0.733. The molecule has 0 spiro atoms. The zero-order valence-electron chi connectivity index (χ0n) is 12.9. The molecule has 0 amide bonds. The summed E-state index contributed by atoms with van der Waals surface area (Å²) in [5, 5.41) is 17.9. The summed E-state index contributed by atoms with van der Waals surface area (Å²) in [4.78, 5) is 12.1. The Morgan fingerprint density at radius 2 is 2.14 bits per heavy atom. The lowest BCUT2D eigenvalue weighted by Gasteiger charge is -2.35. The van der Waals surface area contributed by atoms with Gasteiger partial charge in [-0.2, -0.15) is 5.10 Å². The number of anilines is 1. The molecule has 1 aromatic rings. The Kier molecular flexibility index (Phi) is 4.94. The van der Waals surface area contributed by atoms with E-state index in [1.807, 2.05) is 13.8 Å². The van der Waals surface area contributed by atoms with Crippen molar-refractivity contribution in [2.24, 2.45) is 5.92 Å². The first-order chi connectivity index (χ1) is 9.82. The highest BCUT2D eigenvalue weighted by molar-refractivity contribution is 6.32. The summed E-state index contributed by atoms with van der Waals surface area (Å²) in [6, 6.07) is -0.0342. The zero-order chi connectivity index (χ0) is 15.6. The fourth-order valence-electron chi connectivity index (χ4n) is 2.67. The first-order valence-corrected chi connectivity index (χ1v) is 7.94. The van der Waals surface area contributed by atoms with Gasteiger partial charge in [0, 0.05) is 6.54 Å². The molecule has 1 fully saturated rings. The van der Waals surface area contributed by atoms with E-state index in [1.54, 1.807) is 6.20 Å². The molecular weight excluding hydrogens is 290 g/mol. The van der Waals surface area contributed by atoms with E-state index in [9.17, 15) is 9.90 Å². The first-order valence-electron chi connectivity index (χ1n) is 7.56. The van der Waals surface area contributed by atoms with E-state index in [-0.39, 0.29) is 16.6 Å². The number of hydrogen-bond donors (Lipinski definition) is 2. The summed E-state index contributed by atoms with van der Waals surface area (Å²) in [7, 11) is 0. The second-order valence-electron chi connectivity index (χ2n) is 6.48. The van der Waals surface area contributed by atoms with Crippen LogP contribution in [-0.2, 0) is 0 Å². The Bertz CT molecular complexity index is 548. The third-order valence-electron chi connectivity index (χ3n) is 4.25. The topological polar surface area (TPSA) is 67.2 Å². The van der Waals surface area contributed by atoms with Crippen LogP contribution in [0.1, 0.15) is 52.5 Å². The van der Waals surface area contributed by atoms with Gasteiger partial charge in [0.25, 0.3) is 5.56 Å². The van der Waals surface area contributed by atoms with Crippen molar-refractivity contribution < 1.29 is 5.11 Å². The minimum Gasteiger partial charge on any atom is -0.388 e. The lowest BCUT2D eigenvalue weighted by molar-refractivity contribution is 0.00500. The number of nitrogens with one attached hydrogen (secondary N) is 1. The molecule has 118 valence electrons. The molecule has 0 atom stereocenters. The van der Waals surface area contributed by atoms with Crippen molar-refractivity contribution >= 4 is 17.3 Å². The van der Waals surface area contributed by atoms with Gasteiger partial charge in [-0.3, -0.25) is 4.79 Å². The number of aromatic nitrogens is 2. The van der Waals surface area contributed by atoms with E-state index < -0.39 is 5.60 Å². The molecule has 2 rings (SSSR count). The number of hydrogen-bond acceptors (Lipinski definition) is 4. The lowest BCUT2D eigenvalue weighted by Crippen LogP contribution is -2.40. The van der Waals surface area contributed by atoms with Crippen LogP contribution < -0.4 is 10.9 Å². The van der Waals surface area contributed by atoms with Crippen molar-refractivity contribution in [1.29, 1.82) is 0 Å². The van der Waals surface area contributed by atoms with Gasteiger partial charge >= 0.3 is 0 Å². The van der Waals surface area contributed by atoms with Crippen molar-refractivity contribution in [3.63, 3.8) is 0 Å². The number of aliphatic hydroxyl groups is 1. The van der Waals surface area contributed by atoms with Crippen LogP contribution in [-0.4, -0.2) is 27.0 Å². The average Bonchev–Trinajstić information content (AvgIpc) is 2.44. The summed E-state index contributed by atoms with van der Waals surface area (Å²) in [5.74, 6) is 0.672. The number of nitrogens with zero attached hydrogens (tertiary/aromatic N) is 2. The fourth-order valence-corrected chi connectivity index (χ4v) is 2.87. The van der Waals surface area contributed by atoms with Crippen LogP contribution in [0, 0.1) is 5.92 Å². The van der Waals surface area contributed by atoms with Gasteiger partial charge in [-0.05, 0) is 45.4 Å². The van der Waals surface area contributed by atoms with E-state index >= 15 is 0 Å². The maximum Gasteiger partial charge on any atom is 0.287 e. The lowest BCUT2D eigenvalue weighted by atomic mass is 9.79. The van der Waals surface area contributed by atoms with Gasteiger partial charge in [0.15, 0.2) is 0 Å². The zero-order valence-corrected chi connectivity index (χ0v) is 13.7. The van der Waals surface area contributed by atoms with Crippen molar-refractivity contribution in [3.05, 3.63) is 21.6 Å². The molecule has 6 heteroatoms. The summed E-state index contributed by atoms with van der Waals surface area (Å²) in [5.41, 5.74) is -0.533. The highest BCUT2D eigenvalue weighted by Crippen LogP contribution is 2.32. The van der Waals surface area contributed by atoms with Gasteiger partial charge in [0.2, 0.25) is 0 Å². The van der Waals surface area contributed by atoms with Crippen LogP contribution in [0.2, 0.25) is 5.02 Å². The molecule has 0 unspecified atom stereocenters. The molecule has 0 saturated heterocycles. The quantitative estimate of drug-likeness (QED) is 0.897. The standard InChI is InChI=1S/C15H24ClN3O2/c1-10(2)19-14(20)13(16)12(8-18-19)17-9-15(21)6-4-11(3)5-7-15/h8,10-11,17,21H,4-7,9H2,1-3H3. The molecule has 2 N–H and O–H groups in total. The molecule has 0 radical (unpaired) electrons. The Hall–Kier alpha value is -1.07. The van der Waals surface area contributed by atoms with Crippen LogP contribution in [0.5, 0.6) is 0 Å². The second-order valence-corrected chi connectivity index (χ2v) is 6.85. The van der Waals surface area contributed by atoms with Gasteiger partial charge in [-0.15, -0.1) is 0 Å². The third-order valence-corrected chi connectivity index (χ3v) is 4.61. The minimum absolute atomic E-state index is 0.0342. The smallest absolute Gasteiger partial charge is 0.287 e. The Morgan fingerprint density at radius 3 is 2.71 bits per heavy atom. The normalized spacial score (nSPS) is 26.1. The van der Waals surface area contributed by atoms with Gasteiger partial charge < -0.3 is 10.4 Å². The van der Waals surface area contributed by atoms with Crippen LogP contribution in [0.15, 0.2) is 11.0 Å². The average molecular weight is 314 g/mol. The third kappa shape index (κ3) is 3.77. The van der Waals surface area contributed by atoms with Crippen molar-refractivity contribution in [2.75, 3.05) is 11.9 Å². The summed E-state index contributed by atoms with van der Waals surface area (Å²) in [6.45, 7) is 6.36. The molecule has 1 heterocycles. The molecule has 1 aliphatic carbocycles. The molecule has 0 aliphatic heterocycles. The van der Waals surface area contributed by atoms with Crippen molar-refractivity contribution in [2.45, 2.75) is 58.1 Å². The number of rotatable bonds is 4. The Labute approximate surface area is 130 Å². The van der Waals surface area contributed by atoms with Crippen LogP contribution in [0.3, 0.4) is 0 Å². The first kappa shape index (κ1) is 16.3. The predicted molar refractivity (Wildman–Crippen MR) is 85.0 cm³/mol. The Balaban J connectivity index is 2.07. The molecule has 5 nitrogen and oxygen atoms in total. The minimum atomic E-state index is -0.719. The maximum absolute atomic E-state index is 12.1. The van der Waals surface area contributed by atoms with Gasteiger partial charge in [0.05, 0.1) is 23.5 Å². The molecule has 1 aromatic heterocycles. The van der Waals surface area contributed by atoms with Gasteiger partial charge in [0.1, 0.15) is 5.02 Å². The largest absolute Gasteiger partial charge is 0.388 e. The van der Waals surface area contributed by atoms with Crippen LogP contribution in [0.4, 0.5) is 5.69 Å². The summed E-state index contributed by atoms with van der Waals surface area (Å²) in [6.07, 6.45) is 5.15. The van der Waals surface area contributed by atoms with Crippen molar-refractivity contribution in [1.82, 2.24) is 9.78 Å². The van der Waals surface area contributed by atoms with E-state index in [0.717, 1.165) is 25.7 Å². The van der Waals surface area contributed by atoms with Crippen LogP contribution >= 0.6 is 11.6 Å². The highest BCUT2D eigenvalue weighted by atomic mass is 35.5. The van der Waals surface area contributed by atoms with Gasteiger partial charge in [-0.1, -0.05) is 18.5 Å². The van der Waals surface area contributed by atoms with E-state index in [0.29, 0.717) is 18.2 Å². The molecule has 0 aromatic carbocycles.